The molecule has 0 radical (unpaired) electrons. The van der Waals surface area contributed by atoms with Crippen molar-refractivity contribution in [1.29, 1.82) is 0 Å². The van der Waals surface area contributed by atoms with Crippen molar-refractivity contribution >= 4 is 22.1 Å². The number of piperidine rings is 1. The number of aromatic nitrogens is 2. The number of carboxylic acid groups (broad SMARTS) is 1. The predicted octanol–water partition coefficient (Wildman–Crippen LogP) is 1.05. The summed E-state index contributed by atoms with van der Waals surface area (Å²) in [5.41, 5.74) is 0. The Morgan fingerprint density at radius 1 is 1.26 bits per heavy atom. The van der Waals surface area contributed by atoms with E-state index in [0.29, 0.717) is 31.9 Å². The molecule has 0 aromatic carbocycles. The summed E-state index contributed by atoms with van der Waals surface area (Å²) in [6.45, 7) is 1.42. The van der Waals surface area contributed by atoms with E-state index in [1.54, 1.807) is 0 Å². The average molecular weight is 458 g/mol. The molecule has 31 heavy (non-hydrogen) atoms. The smallest absolute Gasteiger partial charge is 0.407 e. The summed E-state index contributed by atoms with van der Waals surface area (Å²) in [6.07, 6.45) is 6.08. The SMILES string of the molecule is CS(=O)(=O)N[C@H]1[C@H]2CCC[C@H]2N(C(=O)O)[C@H]1COC1CCN(c2ncc(F)cn2)CC1. The van der Waals surface area contributed by atoms with E-state index in [1.807, 2.05) is 4.90 Å². The van der Waals surface area contributed by atoms with Gasteiger partial charge in [0, 0.05) is 25.2 Å². The number of fused-ring (bicyclic) bond motifs is 1. The Morgan fingerprint density at radius 3 is 2.55 bits per heavy atom. The van der Waals surface area contributed by atoms with Crippen LogP contribution in [0.4, 0.5) is 15.1 Å². The van der Waals surface area contributed by atoms with E-state index in [2.05, 4.69) is 14.7 Å². The first-order chi connectivity index (χ1) is 14.7. The standard InChI is InChI=1S/C19H28FN5O5S/c1-31(28,29)23-17-14-3-2-4-15(14)25(19(26)27)16(17)11-30-13-5-7-24(8-6-13)18-21-9-12(20)10-22-18/h9-10,13-17,23H,2-8,11H2,1H3,(H,26,27)/t14-,15+,16-,17-/m0/s1. The molecule has 1 saturated carbocycles. The number of hydrogen-bond acceptors (Lipinski definition) is 7. The maximum absolute atomic E-state index is 13.0. The molecule has 10 nitrogen and oxygen atoms in total. The van der Waals surface area contributed by atoms with Crippen molar-refractivity contribution in [3.05, 3.63) is 18.2 Å². The Morgan fingerprint density at radius 2 is 1.94 bits per heavy atom. The Labute approximate surface area is 180 Å². The summed E-state index contributed by atoms with van der Waals surface area (Å²) in [6, 6.07) is -1.21. The summed E-state index contributed by atoms with van der Waals surface area (Å²) in [5, 5.41) is 9.81. The second-order valence-electron chi connectivity index (χ2n) is 8.56. The highest BCUT2D eigenvalue weighted by molar-refractivity contribution is 7.88. The summed E-state index contributed by atoms with van der Waals surface area (Å²) in [5.74, 6) is -0.0432. The van der Waals surface area contributed by atoms with Crippen molar-refractivity contribution in [2.24, 2.45) is 5.92 Å². The first-order valence-corrected chi connectivity index (χ1v) is 12.4. The summed E-state index contributed by atoms with van der Waals surface area (Å²) in [4.78, 5) is 23.4. The van der Waals surface area contributed by atoms with Gasteiger partial charge in [-0.15, -0.1) is 0 Å². The number of likely N-dealkylation sites (tertiary alicyclic amines) is 1. The van der Waals surface area contributed by atoms with Crippen LogP contribution in [0.2, 0.25) is 0 Å². The van der Waals surface area contributed by atoms with Crippen LogP contribution in [0.3, 0.4) is 0 Å². The number of halogens is 1. The third-order valence-corrected chi connectivity index (χ3v) is 7.23. The van der Waals surface area contributed by atoms with Gasteiger partial charge >= 0.3 is 6.09 Å². The lowest BCUT2D eigenvalue weighted by Gasteiger charge is -2.34. The number of ether oxygens (including phenoxy) is 1. The minimum absolute atomic E-state index is 0.0307. The molecule has 2 N–H and O–H groups in total. The number of anilines is 1. The van der Waals surface area contributed by atoms with Crippen LogP contribution in [0, 0.1) is 11.7 Å². The molecule has 1 aliphatic carbocycles. The molecule has 0 unspecified atom stereocenters. The number of carbonyl (C=O) groups is 1. The zero-order chi connectivity index (χ0) is 22.2. The molecular weight excluding hydrogens is 429 g/mol. The highest BCUT2D eigenvalue weighted by Gasteiger charge is 2.53. The van der Waals surface area contributed by atoms with Crippen LogP contribution in [0.25, 0.3) is 0 Å². The van der Waals surface area contributed by atoms with Crippen molar-refractivity contribution in [3.63, 3.8) is 0 Å². The fraction of sp³-hybridized carbons (Fsp3) is 0.737. The third kappa shape index (κ3) is 4.90. The molecule has 0 bridgehead atoms. The molecule has 172 valence electrons. The quantitative estimate of drug-likeness (QED) is 0.649. The first-order valence-electron chi connectivity index (χ1n) is 10.6. The van der Waals surface area contributed by atoms with E-state index in [-0.39, 0.29) is 24.7 Å². The number of hydrogen-bond donors (Lipinski definition) is 2. The van der Waals surface area contributed by atoms with Gasteiger partial charge in [-0.3, -0.25) is 4.90 Å². The van der Waals surface area contributed by atoms with Crippen LogP contribution in [-0.2, 0) is 14.8 Å². The lowest BCUT2D eigenvalue weighted by molar-refractivity contribution is 0.0000566. The van der Waals surface area contributed by atoms with Crippen LogP contribution in [-0.4, -0.2) is 84.7 Å². The lowest BCUT2D eigenvalue weighted by atomic mass is 9.96. The molecule has 2 saturated heterocycles. The fourth-order valence-corrected chi connectivity index (χ4v) is 6.07. The third-order valence-electron chi connectivity index (χ3n) is 6.53. The van der Waals surface area contributed by atoms with Crippen LogP contribution in [0.1, 0.15) is 32.1 Å². The topological polar surface area (TPSA) is 125 Å². The minimum Gasteiger partial charge on any atom is -0.465 e. The maximum Gasteiger partial charge on any atom is 0.407 e. The summed E-state index contributed by atoms with van der Waals surface area (Å²) >= 11 is 0. The van der Waals surface area contributed by atoms with Gasteiger partial charge in [0.2, 0.25) is 16.0 Å². The Bertz CT molecular complexity index is 893. The molecular formula is C19H28FN5O5S. The van der Waals surface area contributed by atoms with E-state index in [4.69, 9.17) is 4.74 Å². The van der Waals surface area contributed by atoms with Gasteiger partial charge in [-0.25, -0.2) is 32.3 Å². The molecule has 3 aliphatic rings. The van der Waals surface area contributed by atoms with E-state index in [1.165, 1.54) is 4.90 Å². The molecule has 4 rings (SSSR count). The molecule has 1 amide bonds. The maximum atomic E-state index is 13.0. The molecule has 4 atom stereocenters. The van der Waals surface area contributed by atoms with E-state index >= 15 is 0 Å². The van der Waals surface area contributed by atoms with Gasteiger partial charge in [0.05, 0.1) is 37.4 Å². The zero-order valence-corrected chi connectivity index (χ0v) is 18.2. The second-order valence-corrected chi connectivity index (χ2v) is 10.3. The normalized spacial score (nSPS) is 29.4. The van der Waals surface area contributed by atoms with Gasteiger partial charge in [-0.1, -0.05) is 6.42 Å². The number of nitrogens with zero attached hydrogens (tertiary/aromatic N) is 4. The van der Waals surface area contributed by atoms with E-state index < -0.39 is 34.0 Å². The van der Waals surface area contributed by atoms with Crippen molar-refractivity contribution in [1.82, 2.24) is 19.6 Å². The molecule has 0 spiro atoms. The first kappa shape index (κ1) is 22.2. The van der Waals surface area contributed by atoms with Crippen molar-refractivity contribution in [3.8, 4) is 0 Å². The number of rotatable bonds is 6. The van der Waals surface area contributed by atoms with Gasteiger partial charge in [-0.2, -0.15) is 0 Å². The zero-order valence-electron chi connectivity index (χ0n) is 17.4. The van der Waals surface area contributed by atoms with Crippen LogP contribution in [0.15, 0.2) is 12.4 Å². The van der Waals surface area contributed by atoms with Gasteiger partial charge in [0.15, 0.2) is 5.82 Å². The summed E-state index contributed by atoms with van der Waals surface area (Å²) in [7, 11) is -3.48. The number of nitrogens with one attached hydrogen (secondary N) is 1. The Hall–Kier alpha value is -2.05. The van der Waals surface area contributed by atoms with Crippen LogP contribution < -0.4 is 9.62 Å². The highest BCUT2D eigenvalue weighted by Crippen LogP contribution is 2.42. The Kier molecular flexibility index (Phi) is 6.31. The van der Waals surface area contributed by atoms with Gasteiger partial charge in [-0.05, 0) is 31.6 Å². The highest BCUT2D eigenvalue weighted by atomic mass is 32.2. The molecule has 2 aliphatic heterocycles. The van der Waals surface area contributed by atoms with Crippen LogP contribution >= 0.6 is 0 Å². The fourth-order valence-electron chi connectivity index (χ4n) is 5.24. The van der Waals surface area contributed by atoms with Crippen molar-refractivity contribution < 1.29 is 27.4 Å². The molecule has 1 aromatic heterocycles. The monoisotopic (exact) mass is 457 g/mol. The van der Waals surface area contributed by atoms with Gasteiger partial charge < -0.3 is 14.7 Å². The van der Waals surface area contributed by atoms with Gasteiger partial charge in [0.1, 0.15) is 0 Å². The molecule has 1 aromatic rings. The summed E-state index contributed by atoms with van der Waals surface area (Å²) < 4.78 is 45.7. The Balaban J connectivity index is 1.39. The van der Waals surface area contributed by atoms with E-state index in [9.17, 15) is 22.7 Å². The predicted molar refractivity (Wildman–Crippen MR) is 110 cm³/mol. The largest absolute Gasteiger partial charge is 0.465 e. The average Bonchev–Trinajstić information content (AvgIpc) is 3.28. The minimum atomic E-state index is -3.48. The molecule has 3 fully saturated rings. The molecule has 12 heteroatoms. The van der Waals surface area contributed by atoms with E-state index in [0.717, 1.165) is 37.9 Å². The second kappa shape index (κ2) is 8.83. The lowest BCUT2D eigenvalue weighted by Crippen LogP contribution is -2.51. The van der Waals surface area contributed by atoms with Crippen molar-refractivity contribution in [2.45, 2.75) is 56.3 Å². The number of amides is 1. The van der Waals surface area contributed by atoms with Crippen LogP contribution in [0.5, 0.6) is 0 Å². The van der Waals surface area contributed by atoms with Crippen molar-refractivity contribution in [2.75, 3.05) is 30.9 Å². The number of sulfonamides is 1. The van der Waals surface area contributed by atoms with Gasteiger partial charge in [0.25, 0.3) is 0 Å². The molecule has 3 heterocycles.